The second kappa shape index (κ2) is 5.94. The molecule has 2 rings (SSSR count). The molecule has 0 bridgehead atoms. The summed E-state index contributed by atoms with van der Waals surface area (Å²) >= 11 is 0. The molecule has 5 heteroatoms. The summed E-state index contributed by atoms with van der Waals surface area (Å²) in [6.07, 6.45) is 3.27. The Labute approximate surface area is 145 Å². The lowest BCUT2D eigenvalue weighted by atomic mass is 9.95. The molecule has 1 heterocycles. The number of hydrogen-bond acceptors (Lipinski definition) is 3. The molecular weight excluding hydrogens is 320 g/mol. The van der Waals surface area contributed by atoms with E-state index in [-0.39, 0.29) is 22.3 Å². The van der Waals surface area contributed by atoms with Crippen LogP contribution in [0.2, 0.25) is 36.3 Å². The highest BCUT2D eigenvalue weighted by Gasteiger charge is 2.53. The number of fused-ring (bicyclic) bond motifs is 1. The van der Waals surface area contributed by atoms with Crippen LogP contribution in [0.15, 0.2) is 0 Å². The van der Waals surface area contributed by atoms with Crippen LogP contribution in [0.25, 0.3) is 0 Å². The van der Waals surface area contributed by atoms with Crippen molar-refractivity contribution in [2.45, 2.75) is 115 Å². The van der Waals surface area contributed by atoms with Gasteiger partial charge in [0.05, 0.1) is 24.4 Å². The molecule has 23 heavy (non-hydrogen) atoms. The van der Waals surface area contributed by atoms with Gasteiger partial charge in [0.15, 0.2) is 16.6 Å². The van der Waals surface area contributed by atoms with Crippen LogP contribution in [-0.4, -0.2) is 41.1 Å². The zero-order valence-corrected chi connectivity index (χ0v) is 18.9. The van der Waals surface area contributed by atoms with Gasteiger partial charge in [-0.25, -0.2) is 0 Å². The minimum atomic E-state index is -1.79. The highest BCUT2D eigenvalue weighted by molar-refractivity contribution is 6.74. The van der Waals surface area contributed by atoms with E-state index in [0.29, 0.717) is 12.2 Å². The lowest BCUT2D eigenvalue weighted by molar-refractivity contribution is 0.0153. The minimum Gasteiger partial charge on any atom is -0.411 e. The van der Waals surface area contributed by atoms with Crippen LogP contribution in [0.1, 0.15) is 54.4 Å². The summed E-state index contributed by atoms with van der Waals surface area (Å²) < 4.78 is 19.3. The molecule has 1 saturated carbocycles. The molecule has 2 fully saturated rings. The monoisotopic (exact) mass is 358 g/mol. The maximum atomic E-state index is 6.77. The predicted octanol–water partition coefficient (Wildman–Crippen LogP) is 5.33. The van der Waals surface area contributed by atoms with Crippen LogP contribution in [0.4, 0.5) is 0 Å². The second-order valence-corrected chi connectivity index (χ2v) is 20.0. The molecule has 0 amide bonds. The van der Waals surface area contributed by atoms with Crippen molar-refractivity contribution in [3.05, 3.63) is 0 Å². The fourth-order valence-corrected chi connectivity index (χ4v) is 5.43. The summed E-state index contributed by atoms with van der Waals surface area (Å²) in [5, 5.41) is 0.464. The van der Waals surface area contributed by atoms with Crippen molar-refractivity contribution in [3.63, 3.8) is 0 Å². The Balaban J connectivity index is 2.13. The smallest absolute Gasteiger partial charge is 0.192 e. The predicted molar refractivity (Wildman–Crippen MR) is 102 cm³/mol. The average Bonchev–Trinajstić information content (AvgIpc) is 3.03. The lowest BCUT2D eigenvalue weighted by Crippen LogP contribution is -2.53. The first-order chi connectivity index (χ1) is 10.1. The molecule has 4 atom stereocenters. The van der Waals surface area contributed by atoms with Crippen molar-refractivity contribution in [2.24, 2.45) is 0 Å². The fourth-order valence-electron chi connectivity index (χ4n) is 2.71. The third kappa shape index (κ3) is 4.29. The number of hydrogen-bond donors (Lipinski definition) is 0. The molecule has 3 nitrogen and oxygen atoms in total. The van der Waals surface area contributed by atoms with Gasteiger partial charge < -0.3 is 13.6 Å². The minimum absolute atomic E-state index is 0.203. The van der Waals surface area contributed by atoms with Crippen molar-refractivity contribution in [3.8, 4) is 0 Å². The van der Waals surface area contributed by atoms with Crippen LogP contribution in [0.3, 0.4) is 0 Å². The van der Waals surface area contributed by atoms with Crippen LogP contribution in [0, 0.1) is 0 Å². The maximum Gasteiger partial charge on any atom is 0.192 e. The Hall–Kier alpha value is 0.314. The molecule has 1 aliphatic carbocycles. The normalized spacial score (nSPS) is 32.6. The van der Waals surface area contributed by atoms with Crippen LogP contribution >= 0.6 is 0 Å². The Morgan fingerprint density at radius 1 is 0.696 bits per heavy atom. The topological polar surface area (TPSA) is 31.0 Å². The van der Waals surface area contributed by atoms with E-state index in [2.05, 4.69) is 67.7 Å². The van der Waals surface area contributed by atoms with Gasteiger partial charge in [0.1, 0.15) is 0 Å². The van der Waals surface area contributed by atoms with E-state index in [1.807, 2.05) is 0 Å². The second-order valence-electron chi connectivity index (χ2n) is 10.5. The Bertz CT molecular complexity index is 395. The van der Waals surface area contributed by atoms with Gasteiger partial charge in [-0.2, -0.15) is 0 Å². The number of epoxide rings is 1. The Kier molecular flexibility index (Phi) is 5.07. The van der Waals surface area contributed by atoms with Crippen molar-refractivity contribution in [2.75, 3.05) is 0 Å². The van der Waals surface area contributed by atoms with Gasteiger partial charge in [-0.1, -0.05) is 41.5 Å². The first-order valence-electron chi connectivity index (χ1n) is 9.15. The van der Waals surface area contributed by atoms with Crippen molar-refractivity contribution >= 4 is 16.6 Å². The standard InChI is InChI=1S/C18H38O3Si2/c1-17(2,3)22(7,8)20-15-11-13-14(19-13)12-16(15)21-23(9,10)18(4,5)6/h13-16H,11-12H2,1-10H3/t13?,14?,15-,16-/m0/s1. The highest BCUT2D eigenvalue weighted by atomic mass is 28.4. The molecule has 0 aromatic carbocycles. The van der Waals surface area contributed by atoms with Crippen LogP contribution in [-0.2, 0) is 13.6 Å². The van der Waals surface area contributed by atoms with E-state index in [1.54, 1.807) is 0 Å². The largest absolute Gasteiger partial charge is 0.411 e. The van der Waals surface area contributed by atoms with E-state index in [4.69, 9.17) is 13.6 Å². The van der Waals surface area contributed by atoms with Gasteiger partial charge in [-0.3, -0.25) is 0 Å². The van der Waals surface area contributed by atoms with Crippen LogP contribution < -0.4 is 0 Å². The average molecular weight is 359 g/mol. The van der Waals surface area contributed by atoms with E-state index in [1.165, 1.54) is 0 Å². The maximum absolute atomic E-state index is 6.77. The highest BCUT2D eigenvalue weighted by Crippen LogP contribution is 2.46. The number of rotatable bonds is 4. The Morgan fingerprint density at radius 2 is 1.00 bits per heavy atom. The zero-order chi connectivity index (χ0) is 17.8. The summed E-state index contributed by atoms with van der Waals surface area (Å²) in [5.74, 6) is 0. The number of ether oxygens (including phenoxy) is 1. The molecule has 2 unspecified atom stereocenters. The summed E-state index contributed by atoms with van der Waals surface area (Å²) in [4.78, 5) is 0. The lowest BCUT2D eigenvalue weighted by Gasteiger charge is -2.46. The van der Waals surface area contributed by atoms with E-state index < -0.39 is 16.6 Å². The van der Waals surface area contributed by atoms with Gasteiger partial charge in [0, 0.05) is 12.8 Å². The van der Waals surface area contributed by atoms with Crippen molar-refractivity contribution in [1.82, 2.24) is 0 Å². The molecule has 136 valence electrons. The third-order valence-electron chi connectivity index (χ3n) is 6.54. The summed E-state index contributed by atoms with van der Waals surface area (Å²) in [7, 11) is -3.57. The van der Waals surface area contributed by atoms with Gasteiger partial charge in [0.2, 0.25) is 0 Å². The molecule has 1 saturated heterocycles. The first-order valence-corrected chi connectivity index (χ1v) is 15.0. The summed E-state index contributed by atoms with van der Waals surface area (Å²) in [5.41, 5.74) is 0. The molecule has 1 aliphatic heterocycles. The van der Waals surface area contributed by atoms with Gasteiger partial charge in [0.25, 0.3) is 0 Å². The van der Waals surface area contributed by atoms with Crippen LogP contribution in [0.5, 0.6) is 0 Å². The van der Waals surface area contributed by atoms with Gasteiger partial charge in [-0.15, -0.1) is 0 Å². The molecule has 0 aromatic rings. The molecule has 2 aliphatic rings. The van der Waals surface area contributed by atoms with Gasteiger partial charge >= 0.3 is 0 Å². The fraction of sp³-hybridized carbons (Fsp3) is 1.00. The zero-order valence-electron chi connectivity index (χ0n) is 16.9. The van der Waals surface area contributed by atoms with Gasteiger partial charge in [-0.05, 0) is 36.3 Å². The quantitative estimate of drug-likeness (QED) is 0.503. The first kappa shape index (κ1) is 19.6. The van der Waals surface area contributed by atoms with Crippen molar-refractivity contribution < 1.29 is 13.6 Å². The molecular formula is C18H38O3Si2. The molecule has 0 aromatic heterocycles. The summed E-state index contributed by atoms with van der Waals surface area (Å²) in [6.45, 7) is 23.2. The van der Waals surface area contributed by atoms with E-state index in [0.717, 1.165) is 12.8 Å². The molecule has 0 N–H and O–H groups in total. The SMILES string of the molecule is CC(C)(C)[Si](C)(C)O[C@H]1CC2OC2C[C@@H]1O[Si](C)(C)C(C)(C)C. The van der Waals surface area contributed by atoms with Crippen molar-refractivity contribution in [1.29, 1.82) is 0 Å². The van der Waals surface area contributed by atoms with E-state index in [9.17, 15) is 0 Å². The molecule has 0 spiro atoms. The van der Waals surface area contributed by atoms with E-state index >= 15 is 0 Å². The Morgan fingerprint density at radius 3 is 1.26 bits per heavy atom. The third-order valence-corrected chi connectivity index (χ3v) is 15.5. The molecule has 0 radical (unpaired) electrons. The summed E-state index contributed by atoms with van der Waals surface area (Å²) in [6, 6.07) is 0.